The van der Waals surface area contributed by atoms with Crippen LogP contribution in [0.1, 0.15) is 71.1 Å². The second-order valence-corrected chi connectivity index (χ2v) is 9.96. The van der Waals surface area contributed by atoms with Crippen molar-refractivity contribution in [2.24, 2.45) is 0 Å². The molecule has 182 valence electrons. The summed E-state index contributed by atoms with van der Waals surface area (Å²) in [5.74, 6) is 0.310. The molecule has 0 saturated heterocycles. The maximum Gasteiger partial charge on any atom is 0.353 e. The molecule has 1 unspecified atom stereocenters. The van der Waals surface area contributed by atoms with Crippen LogP contribution in [-0.2, 0) is 20.4 Å². The van der Waals surface area contributed by atoms with Gasteiger partial charge in [-0.3, -0.25) is 4.57 Å². The molecule has 0 bridgehead atoms. The number of rotatable bonds is 18. The lowest BCUT2D eigenvalue weighted by Crippen LogP contribution is -2.17. The normalized spacial score (nSPS) is 14.6. The number of imidazole rings is 1. The summed E-state index contributed by atoms with van der Waals surface area (Å²) < 4.78 is 24.7. The maximum atomic E-state index is 12.2. The van der Waals surface area contributed by atoms with Gasteiger partial charge in [0.1, 0.15) is 18.2 Å². The summed E-state index contributed by atoms with van der Waals surface area (Å²) in [5, 5.41) is 8.74. The minimum atomic E-state index is -3.78. The Hall–Kier alpha value is -1.58. The van der Waals surface area contributed by atoms with Gasteiger partial charge in [0.15, 0.2) is 11.5 Å². The Balaban J connectivity index is 1.53. The van der Waals surface area contributed by atoms with E-state index in [2.05, 4.69) is 15.0 Å². The molecule has 0 aliphatic heterocycles. The van der Waals surface area contributed by atoms with Gasteiger partial charge in [-0.05, 0) is 19.8 Å². The quantitative estimate of drug-likeness (QED) is 0.218. The minimum absolute atomic E-state index is 0.259. The second-order valence-electron chi connectivity index (χ2n) is 8.16. The number of aromatic nitrogens is 4. The molecule has 0 aliphatic carbocycles. The fourth-order valence-electron chi connectivity index (χ4n) is 3.46. The van der Waals surface area contributed by atoms with Crippen molar-refractivity contribution < 1.29 is 23.8 Å². The Kier molecular flexibility index (Phi) is 12.1. The van der Waals surface area contributed by atoms with Gasteiger partial charge >= 0.3 is 7.60 Å². The highest BCUT2D eigenvalue weighted by molar-refractivity contribution is 7.52. The van der Waals surface area contributed by atoms with E-state index >= 15 is 0 Å². The summed E-state index contributed by atoms with van der Waals surface area (Å²) in [6.45, 7) is 2.77. The molecule has 10 nitrogen and oxygen atoms in total. The fraction of sp³-hybridized carbons (Fsp3) is 0.762. The molecular formula is C21H38N5O5P. The first-order valence-corrected chi connectivity index (χ1v) is 13.3. The highest BCUT2D eigenvalue weighted by Crippen LogP contribution is 2.42. The molecule has 32 heavy (non-hydrogen) atoms. The van der Waals surface area contributed by atoms with Crippen LogP contribution in [0.5, 0.6) is 0 Å². The lowest BCUT2D eigenvalue weighted by molar-refractivity contribution is 0.0715. The van der Waals surface area contributed by atoms with Crippen LogP contribution in [0.4, 0.5) is 5.82 Å². The van der Waals surface area contributed by atoms with Gasteiger partial charge in [-0.1, -0.05) is 51.4 Å². The molecule has 0 aromatic carbocycles. The van der Waals surface area contributed by atoms with Gasteiger partial charge in [0.2, 0.25) is 0 Å². The van der Waals surface area contributed by atoms with Crippen molar-refractivity contribution in [2.45, 2.75) is 83.8 Å². The second kappa shape index (κ2) is 14.5. The van der Waals surface area contributed by atoms with Crippen LogP contribution in [0.15, 0.2) is 12.7 Å². The highest BCUT2D eigenvalue weighted by atomic mass is 31.2. The number of ether oxygens (including phenoxy) is 1. The van der Waals surface area contributed by atoms with Crippen LogP contribution in [0.3, 0.4) is 0 Å². The minimum Gasteiger partial charge on any atom is -0.396 e. The summed E-state index contributed by atoms with van der Waals surface area (Å²) in [6.07, 6.45) is 13.2. The van der Waals surface area contributed by atoms with Crippen LogP contribution in [0.25, 0.3) is 11.2 Å². The van der Waals surface area contributed by atoms with Gasteiger partial charge < -0.3 is 29.6 Å². The van der Waals surface area contributed by atoms with E-state index in [1.807, 2.05) is 6.92 Å². The van der Waals surface area contributed by atoms with Crippen molar-refractivity contribution in [1.82, 2.24) is 19.5 Å². The molecule has 2 rings (SSSR count). The van der Waals surface area contributed by atoms with Crippen molar-refractivity contribution >= 4 is 24.6 Å². The maximum absolute atomic E-state index is 12.2. The van der Waals surface area contributed by atoms with E-state index in [1.54, 1.807) is 10.9 Å². The predicted octanol–water partition coefficient (Wildman–Crippen LogP) is 3.87. The molecular weight excluding hydrogens is 433 g/mol. The number of anilines is 1. The Morgan fingerprint density at radius 1 is 1.03 bits per heavy atom. The molecule has 11 heteroatoms. The highest BCUT2D eigenvalue weighted by Gasteiger charge is 2.21. The lowest BCUT2D eigenvalue weighted by atomic mass is 10.1. The van der Waals surface area contributed by atoms with Gasteiger partial charge in [0.25, 0.3) is 0 Å². The third kappa shape index (κ3) is 9.92. The Morgan fingerprint density at radius 3 is 2.31 bits per heavy atom. The number of aliphatic hydroxyl groups excluding tert-OH is 1. The van der Waals surface area contributed by atoms with Crippen LogP contribution >= 0.6 is 7.60 Å². The predicted molar refractivity (Wildman–Crippen MR) is 124 cm³/mol. The van der Waals surface area contributed by atoms with E-state index < -0.39 is 7.60 Å². The number of nitrogens with zero attached hydrogens (tertiary/aromatic N) is 4. The molecule has 4 N–H and O–H groups in total. The van der Waals surface area contributed by atoms with E-state index in [0.717, 1.165) is 32.1 Å². The van der Waals surface area contributed by atoms with Crippen LogP contribution in [0, 0.1) is 0 Å². The number of hydrogen-bond donors (Lipinski definition) is 3. The van der Waals surface area contributed by atoms with Gasteiger partial charge in [0, 0.05) is 6.61 Å². The van der Waals surface area contributed by atoms with Crippen molar-refractivity contribution in [3.05, 3.63) is 12.7 Å². The number of nitrogens with two attached hydrogens (primary N) is 1. The van der Waals surface area contributed by atoms with Crippen molar-refractivity contribution in [3.8, 4) is 0 Å². The summed E-state index contributed by atoms with van der Waals surface area (Å²) in [5.41, 5.74) is 6.90. The first-order chi connectivity index (χ1) is 15.4. The van der Waals surface area contributed by atoms with Gasteiger partial charge in [-0.15, -0.1) is 0 Å². The van der Waals surface area contributed by atoms with Crippen LogP contribution in [0.2, 0.25) is 0 Å². The van der Waals surface area contributed by atoms with Crippen molar-refractivity contribution in [1.29, 1.82) is 0 Å². The van der Waals surface area contributed by atoms with Gasteiger partial charge in [-0.25, -0.2) is 15.0 Å². The largest absolute Gasteiger partial charge is 0.396 e. The average Bonchev–Trinajstić information content (AvgIpc) is 3.17. The molecule has 0 amide bonds. The fourth-order valence-corrected chi connectivity index (χ4v) is 4.39. The third-order valence-corrected chi connectivity index (χ3v) is 6.31. The Bertz CT molecular complexity index is 834. The molecule has 0 radical (unpaired) electrons. The first-order valence-electron chi connectivity index (χ1n) is 11.5. The van der Waals surface area contributed by atoms with Gasteiger partial charge in [0.05, 0.1) is 25.6 Å². The number of fused-ring (bicyclic) bond motifs is 1. The van der Waals surface area contributed by atoms with E-state index in [4.69, 9.17) is 20.1 Å². The summed E-state index contributed by atoms with van der Waals surface area (Å²) >= 11 is 0. The zero-order valence-electron chi connectivity index (χ0n) is 19.1. The lowest BCUT2D eigenvalue weighted by Gasteiger charge is -2.17. The van der Waals surface area contributed by atoms with Gasteiger partial charge in [-0.2, -0.15) is 0 Å². The zero-order chi connectivity index (χ0) is 23.2. The summed E-state index contributed by atoms with van der Waals surface area (Å²) in [7, 11) is -3.78. The average molecular weight is 472 g/mol. The molecule has 0 aliphatic rings. The Morgan fingerprint density at radius 2 is 1.66 bits per heavy atom. The molecule has 0 fully saturated rings. The SMILES string of the molecule is C[C@H](Cn1cnc2c(N)ncnc21)OCP(=O)(O)OCCCCCCCCCCCCO. The molecule has 0 saturated carbocycles. The van der Waals surface area contributed by atoms with Crippen molar-refractivity contribution in [2.75, 3.05) is 25.3 Å². The first kappa shape index (κ1) is 26.7. The molecule has 2 atom stereocenters. The molecule has 2 aromatic rings. The van der Waals surface area contributed by atoms with Crippen LogP contribution < -0.4 is 5.73 Å². The van der Waals surface area contributed by atoms with E-state index in [-0.39, 0.29) is 19.1 Å². The smallest absolute Gasteiger partial charge is 0.353 e. The van der Waals surface area contributed by atoms with E-state index in [0.29, 0.717) is 30.1 Å². The third-order valence-electron chi connectivity index (χ3n) is 5.25. The molecule has 2 aromatic heterocycles. The number of aliphatic hydroxyl groups is 1. The Labute approximate surface area is 190 Å². The van der Waals surface area contributed by atoms with Crippen LogP contribution in [-0.4, -0.2) is 55.2 Å². The monoisotopic (exact) mass is 471 g/mol. The zero-order valence-corrected chi connectivity index (χ0v) is 20.0. The van der Waals surface area contributed by atoms with Crippen molar-refractivity contribution in [3.63, 3.8) is 0 Å². The summed E-state index contributed by atoms with van der Waals surface area (Å²) in [4.78, 5) is 22.3. The molecule has 0 spiro atoms. The number of unbranched alkanes of at least 4 members (excludes halogenated alkanes) is 9. The standard InChI is InChI=1S/C21H38N5O5P/c1-18(14-26-16-25-19-20(22)23-15-24-21(19)26)30-17-32(28,29)31-13-11-9-7-5-3-2-4-6-8-10-12-27/h15-16,18,27H,2-14,17H2,1H3,(H,28,29)(H2,22,23,24)/t18-/m1/s1. The van der Waals surface area contributed by atoms with E-state index in [9.17, 15) is 9.46 Å². The van der Waals surface area contributed by atoms with E-state index in [1.165, 1.54) is 38.4 Å². The molecule has 2 heterocycles. The summed E-state index contributed by atoms with van der Waals surface area (Å²) in [6, 6.07) is 0. The number of nitrogen functional groups attached to an aromatic ring is 1. The topological polar surface area (TPSA) is 146 Å². The number of hydrogen-bond acceptors (Lipinski definition) is 8.